The van der Waals surface area contributed by atoms with Gasteiger partial charge in [-0.15, -0.1) is 0 Å². The molecule has 4 rings (SSSR count). The predicted molar refractivity (Wildman–Crippen MR) is 138 cm³/mol. The van der Waals surface area contributed by atoms with Gasteiger partial charge >= 0.3 is 0 Å². The number of amides is 2. The molecule has 2 aromatic rings. The van der Waals surface area contributed by atoms with Gasteiger partial charge in [0.2, 0.25) is 15.9 Å². The SMILES string of the molecule is CC(=O)N1CCC(Nc2cc(C(=O)NCC(CN3Cc4ccccc4C3)NS(C)(=O)=O)ccn2)CC1. The van der Waals surface area contributed by atoms with Crippen molar-refractivity contribution < 1.29 is 18.0 Å². The van der Waals surface area contributed by atoms with Gasteiger partial charge in [0.15, 0.2) is 0 Å². The molecular formula is C25H34N6O4S. The number of likely N-dealkylation sites (tertiary alicyclic amines) is 1. The number of hydrogen-bond acceptors (Lipinski definition) is 7. The Hall–Kier alpha value is -3.02. The van der Waals surface area contributed by atoms with Crippen molar-refractivity contribution in [2.45, 2.75) is 44.9 Å². The molecular weight excluding hydrogens is 480 g/mol. The number of rotatable bonds is 9. The van der Waals surface area contributed by atoms with Gasteiger partial charge in [0, 0.05) is 64.0 Å². The maximum Gasteiger partial charge on any atom is 0.251 e. The number of nitrogens with one attached hydrogen (secondary N) is 3. The standard InChI is InChI=1S/C25H34N6O4S/c1-18(32)31-11-8-22(9-12-31)28-24-13-19(7-10-26-24)25(33)27-14-23(29-36(2,34)35)17-30-15-20-5-3-4-6-21(20)16-30/h3-7,10,13,22-23,29H,8-9,11-12,14-17H2,1-2H3,(H,26,28)(H,27,33). The number of pyridine rings is 1. The highest BCUT2D eigenvalue weighted by atomic mass is 32.2. The fourth-order valence-corrected chi connectivity index (χ4v) is 5.57. The Bertz CT molecular complexity index is 1170. The first-order valence-corrected chi connectivity index (χ1v) is 14.1. The van der Waals surface area contributed by atoms with Gasteiger partial charge in [-0.25, -0.2) is 18.1 Å². The number of aromatic nitrogens is 1. The summed E-state index contributed by atoms with van der Waals surface area (Å²) in [6.45, 7) is 5.11. The first-order chi connectivity index (χ1) is 17.2. The molecule has 0 bridgehead atoms. The molecule has 1 unspecified atom stereocenters. The Morgan fingerprint density at radius 3 is 2.39 bits per heavy atom. The van der Waals surface area contributed by atoms with Crippen molar-refractivity contribution in [1.82, 2.24) is 24.8 Å². The minimum atomic E-state index is -3.45. The van der Waals surface area contributed by atoms with E-state index in [9.17, 15) is 18.0 Å². The van der Waals surface area contributed by atoms with E-state index in [4.69, 9.17) is 0 Å². The van der Waals surface area contributed by atoms with Crippen molar-refractivity contribution in [3.05, 3.63) is 59.3 Å². The maximum absolute atomic E-state index is 12.9. The Morgan fingerprint density at radius 1 is 1.11 bits per heavy atom. The molecule has 1 aromatic carbocycles. The molecule has 194 valence electrons. The lowest BCUT2D eigenvalue weighted by atomic mass is 10.0. The van der Waals surface area contributed by atoms with Crippen LogP contribution in [0.2, 0.25) is 0 Å². The zero-order valence-electron chi connectivity index (χ0n) is 20.7. The number of anilines is 1. The third-order valence-electron chi connectivity index (χ3n) is 6.59. The normalized spacial score (nSPS) is 17.4. The third kappa shape index (κ3) is 7.25. The number of carbonyl (C=O) groups excluding carboxylic acids is 2. The molecule has 1 aromatic heterocycles. The first kappa shape index (κ1) is 26.1. The summed E-state index contributed by atoms with van der Waals surface area (Å²) in [6, 6.07) is 11.2. The van der Waals surface area contributed by atoms with Crippen LogP contribution in [0.1, 0.15) is 41.3 Å². The molecule has 1 saturated heterocycles. The number of benzene rings is 1. The van der Waals surface area contributed by atoms with Crippen LogP contribution in [0, 0.1) is 0 Å². The predicted octanol–water partition coefficient (Wildman–Crippen LogP) is 1.17. The molecule has 3 N–H and O–H groups in total. The average Bonchev–Trinajstić information content (AvgIpc) is 3.24. The third-order valence-corrected chi connectivity index (χ3v) is 7.35. The minimum Gasteiger partial charge on any atom is -0.367 e. The van der Waals surface area contributed by atoms with Crippen LogP contribution >= 0.6 is 0 Å². The molecule has 2 aliphatic heterocycles. The summed E-state index contributed by atoms with van der Waals surface area (Å²) in [5.41, 5.74) is 2.92. The fourth-order valence-electron chi connectivity index (χ4n) is 4.81. The molecule has 0 radical (unpaired) electrons. The highest BCUT2D eigenvalue weighted by Gasteiger charge is 2.24. The summed E-state index contributed by atoms with van der Waals surface area (Å²) < 4.78 is 26.6. The molecule has 36 heavy (non-hydrogen) atoms. The number of carbonyl (C=O) groups is 2. The maximum atomic E-state index is 12.9. The van der Waals surface area contributed by atoms with Gasteiger partial charge in [0.1, 0.15) is 5.82 Å². The van der Waals surface area contributed by atoms with E-state index in [1.54, 1.807) is 25.3 Å². The van der Waals surface area contributed by atoms with Crippen LogP contribution in [0.3, 0.4) is 0 Å². The first-order valence-electron chi connectivity index (χ1n) is 12.2. The van der Waals surface area contributed by atoms with Crippen molar-refractivity contribution in [3.8, 4) is 0 Å². The van der Waals surface area contributed by atoms with Crippen LogP contribution in [0.4, 0.5) is 5.82 Å². The lowest BCUT2D eigenvalue weighted by Gasteiger charge is -2.32. The summed E-state index contributed by atoms with van der Waals surface area (Å²) in [6.07, 6.45) is 4.34. The number of hydrogen-bond donors (Lipinski definition) is 3. The highest BCUT2D eigenvalue weighted by Crippen LogP contribution is 2.22. The molecule has 3 heterocycles. The van der Waals surface area contributed by atoms with Gasteiger partial charge in [-0.3, -0.25) is 14.5 Å². The van der Waals surface area contributed by atoms with Crippen LogP contribution in [-0.2, 0) is 27.9 Å². The molecule has 0 aliphatic carbocycles. The van der Waals surface area contributed by atoms with Crippen LogP contribution in [0.5, 0.6) is 0 Å². The lowest BCUT2D eigenvalue weighted by molar-refractivity contribution is -0.129. The summed E-state index contributed by atoms with van der Waals surface area (Å²) in [5.74, 6) is 0.393. The highest BCUT2D eigenvalue weighted by molar-refractivity contribution is 7.88. The second-order valence-corrected chi connectivity index (χ2v) is 11.4. The zero-order valence-corrected chi connectivity index (χ0v) is 21.6. The van der Waals surface area contributed by atoms with Crippen molar-refractivity contribution in [3.63, 3.8) is 0 Å². The number of nitrogens with zero attached hydrogens (tertiary/aromatic N) is 3. The van der Waals surface area contributed by atoms with E-state index in [0.29, 0.717) is 31.0 Å². The summed E-state index contributed by atoms with van der Waals surface area (Å²) >= 11 is 0. The van der Waals surface area contributed by atoms with E-state index in [-0.39, 0.29) is 24.4 Å². The minimum absolute atomic E-state index is 0.0863. The fraction of sp³-hybridized carbons (Fsp3) is 0.480. The van der Waals surface area contributed by atoms with Gasteiger partial charge in [-0.05, 0) is 36.1 Å². The smallest absolute Gasteiger partial charge is 0.251 e. The number of piperidine rings is 1. The van der Waals surface area contributed by atoms with Gasteiger partial charge in [0.05, 0.1) is 12.3 Å². The Morgan fingerprint density at radius 2 is 1.78 bits per heavy atom. The monoisotopic (exact) mass is 514 g/mol. The lowest BCUT2D eigenvalue weighted by Crippen LogP contribution is -2.48. The van der Waals surface area contributed by atoms with Crippen molar-refractivity contribution in [1.29, 1.82) is 0 Å². The molecule has 10 nitrogen and oxygen atoms in total. The van der Waals surface area contributed by atoms with E-state index < -0.39 is 16.1 Å². The Balaban J connectivity index is 1.32. The van der Waals surface area contributed by atoms with E-state index >= 15 is 0 Å². The summed E-state index contributed by atoms with van der Waals surface area (Å²) in [7, 11) is -3.45. The van der Waals surface area contributed by atoms with E-state index in [0.717, 1.165) is 32.2 Å². The second-order valence-electron chi connectivity index (χ2n) is 9.59. The Kier molecular flexibility index (Phi) is 8.22. The molecule has 0 saturated carbocycles. The second kappa shape index (κ2) is 11.4. The molecule has 0 spiro atoms. The van der Waals surface area contributed by atoms with Gasteiger partial charge in [0.25, 0.3) is 5.91 Å². The molecule has 1 atom stereocenters. The van der Waals surface area contributed by atoms with Crippen molar-refractivity contribution in [2.24, 2.45) is 0 Å². The Labute approximate surface area is 212 Å². The van der Waals surface area contributed by atoms with Gasteiger partial charge in [-0.2, -0.15) is 0 Å². The van der Waals surface area contributed by atoms with Crippen molar-refractivity contribution >= 4 is 27.7 Å². The van der Waals surface area contributed by atoms with Crippen LogP contribution in [0.15, 0.2) is 42.6 Å². The van der Waals surface area contributed by atoms with Crippen LogP contribution in [-0.4, -0.2) is 79.5 Å². The molecule has 2 aliphatic rings. The quantitative estimate of drug-likeness (QED) is 0.459. The van der Waals surface area contributed by atoms with Gasteiger partial charge < -0.3 is 15.5 Å². The topological polar surface area (TPSA) is 124 Å². The van der Waals surface area contributed by atoms with Crippen molar-refractivity contribution in [2.75, 3.05) is 37.8 Å². The van der Waals surface area contributed by atoms with E-state index in [1.807, 2.05) is 17.0 Å². The van der Waals surface area contributed by atoms with Crippen LogP contribution in [0.25, 0.3) is 0 Å². The molecule has 1 fully saturated rings. The number of fused-ring (bicyclic) bond motifs is 1. The molecule has 11 heteroatoms. The zero-order chi connectivity index (χ0) is 25.7. The van der Waals surface area contributed by atoms with E-state index in [1.165, 1.54) is 11.1 Å². The van der Waals surface area contributed by atoms with E-state index in [2.05, 4.69) is 37.4 Å². The summed E-state index contributed by atoms with van der Waals surface area (Å²) in [4.78, 5) is 32.8. The number of sulfonamides is 1. The van der Waals surface area contributed by atoms with Crippen LogP contribution < -0.4 is 15.4 Å². The average molecular weight is 515 g/mol. The largest absolute Gasteiger partial charge is 0.367 e. The summed E-state index contributed by atoms with van der Waals surface area (Å²) in [5, 5.41) is 6.23. The van der Waals surface area contributed by atoms with Gasteiger partial charge in [-0.1, -0.05) is 24.3 Å². The molecule has 2 amide bonds.